The van der Waals surface area contributed by atoms with E-state index in [4.69, 9.17) is 0 Å². The fourth-order valence-corrected chi connectivity index (χ4v) is 4.07. The third kappa shape index (κ3) is 3.56. The van der Waals surface area contributed by atoms with Crippen molar-refractivity contribution in [3.8, 4) is 0 Å². The maximum Gasteiger partial charge on any atom is 0.263 e. The molecular formula is C19H17N3O4S. The summed E-state index contributed by atoms with van der Waals surface area (Å²) < 4.78 is 33.7. The Morgan fingerprint density at radius 1 is 1.15 bits per heavy atom. The molecular weight excluding hydrogens is 366 g/mol. The third-order valence-corrected chi connectivity index (χ3v) is 5.71. The van der Waals surface area contributed by atoms with Crippen molar-refractivity contribution in [2.24, 2.45) is 0 Å². The van der Waals surface area contributed by atoms with E-state index in [1.807, 2.05) is 6.08 Å². The van der Waals surface area contributed by atoms with Crippen LogP contribution in [-0.4, -0.2) is 18.1 Å². The highest BCUT2D eigenvalue weighted by Gasteiger charge is 2.17. The van der Waals surface area contributed by atoms with Gasteiger partial charge in [0.1, 0.15) is 6.26 Å². The number of hydrogen-bond acceptors (Lipinski definition) is 5. The summed E-state index contributed by atoms with van der Waals surface area (Å²) in [6, 6.07) is 9.18. The lowest BCUT2D eigenvalue weighted by Gasteiger charge is -2.13. The van der Waals surface area contributed by atoms with E-state index in [9.17, 15) is 13.2 Å². The Labute approximate surface area is 155 Å². The van der Waals surface area contributed by atoms with Crippen LogP contribution in [0.2, 0.25) is 0 Å². The van der Waals surface area contributed by atoms with E-state index in [2.05, 4.69) is 26.6 Å². The van der Waals surface area contributed by atoms with Crippen LogP contribution in [0.3, 0.4) is 0 Å². The van der Waals surface area contributed by atoms with E-state index < -0.39 is 10.0 Å². The molecule has 1 aliphatic rings. The summed E-state index contributed by atoms with van der Waals surface area (Å²) in [6.07, 6.45) is 9.48. The molecule has 4 rings (SSSR count). The molecule has 8 heteroatoms. The van der Waals surface area contributed by atoms with Gasteiger partial charge in [0.25, 0.3) is 15.6 Å². The Morgan fingerprint density at radius 3 is 2.78 bits per heavy atom. The Hall–Kier alpha value is -3.13. The molecule has 0 atom stereocenters. The first kappa shape index (κ1) is 17.3. The number of nitrogens with one attached hydrogen (secondary N) is 1. The SMILES string of the molecule is O=c1ccc2cc(S(=O)(=O)Nc3ccon3)ccc2n1CC1=CCCC=C1. The van der Waals surface area contributed by atoms with Crippen LogP contribution in [0.15, 0.2) is 80.7 Å². The molecule has 0 bridgehead atoms. The van der Waals surface area contributed by atoms with E-state index in [0.717, 1.165) is 18.4 Å². The van der Waals surface area contributed by atoms with E-state index in [-0.39, 0.29) is 16.3 Å². The lowest BCUT2D eigenvalue weighted by molar-refractivity contribution is 0.423. The first-order chi connectivity index (χ1) is 13.0. The smallest absolute Gasteiger partial charge is 0.263 e. The molecule has 2 aromatic heterocycles. The van der Waals surface area contributed by atoms with Crippen molar-refractivity contribution in [1.29, 1.82) is 0 Å². The molecule has 3 aromatic rings. The summed E-state index contributed by atoms with van der Waals surface area (Å²) in [4.78, 5) is 12.4. The molecule has 1 aromatic carbocycles. The van der Waals surface area contributed by atoms with Crippen LogP contribution in [0.4, 0.5) is 5.82 Å². The van der Waals surface area contributed by atoms with Gasteiger partial charge in [-0.2, -0.15) is 0 Å². The minimum absolute atomic E-state index is 0.0833. The number of aromatic nitrogens is 2. The zero-order chi connectivity index (χ0) is 18.9. The van der Waals surface area contributed by atoms with Crippen LogP contribution in [0.1, 0.15) is 12.8 Å². The van der Waals surface area contributed by atoms with Crippen LogP contribution in [0.25, 0.3) is 10.9 Å². The lowest BCUT2D eigenvalue weighted by atomic mass is 10.1. The maximum absolute atomic E-state index is 12.5. The summed E-state index contributed by atoms with van der Waals surface area (Å²) in [5, 5.41) is 4.22. The zero-order valence-corrected chi connectivity index (χ0v) is 15.1. The number of pyridine rings is 1. The minimum Gasteiger partial charge on any atom is -0.363 e. The van der Waals surface area contributed by atoms with Crippen LogP contribution in [-0.2, 0) is 16.6 Å². The molecule has 0 spiro atoms. The summed E-state index contributed by atoms with van der Waals surface area (Å²) in [6.45, 7) is 0.454. The van der Waals surface area contributed by atoms with E-state index >= 15 is 0 Å². The number of benzene rings is 1. The van der Waals surface area contributed by atoms with Gasteiger partial charge in [0.15, 0.2) is 5.82 Å². The number of fused-ring (bicyclic) bond motifs is 1. The monoisotopic (exact) mass is 383 g/mol. The van der Waals surface area contributed by atoms with Gasteiger partial charge in [-0.15, -0.1) is 0 Å². The van der Waals surface area contributed by atoms with Crippen molar-refractivity contribution in [3.63, 3.8) is 0 Å². The summed E-state index contributed by atoms with van der Waals surface area (Å²) in [5.74, 6) is 0.107. The highest BCUT2D eigenvalue weighted by Crippen LogP contribution is 2.21. The molecule has 27 heavy (non-hydrogen) atoms. The van der Waals surface area contributed by atoms with Gasteiger partial charge in [-0.05, 0) is 48.1 Å². The first-order valence-corrected chi connectivity index (χ1v) is 9.94. The van der Waals surface area contributed by atoms with Gasteiger partial charge in [-0.1, -0.05) is 23.4 Å². The molecule has 7 nitrogen and oxygen atoms in total. The molecule has 0 saturated heterocycles. The van der Waals surface area contributed by atoms with E-state index in [1.54, 1.807) is 22.8 Å². The van der Waals surface area contributed by atoms with Gasteiger partial charge in [0.2, 0.25) is 0 Å². The average molecular weight is 383 g/mol. The van der Waals surface area contributed by atoms with Crippen molar-refractivity contribution in [2.75, 3.05) is 4.72 Å². The fourth-order valence-electron chi connectivity index (χ4n) is 3.04. The predicted octanol–water partition coefficient (Wildman–Crippen LogP) is 3.07. The molecule has 0 saturated carbocycles. The molecule has 0 unspecified atom stereocenters. The summed E-state index contributed by atoms with van der Waals surface area (Å²) in [5.41, 5.74) is 1.63. The fraction of sp³-hybridized carbons (Fsp3) is 0.158. The molecule has 0 aliphatic heterocycles. The van der Waals surface area contributed by atoms with E-state index in [0.29, 0.717) is 17.4 Å². The number of anilines is 1. The molecule has 0 amide bonds. The number of rotatable bonds is 5. The summed E-state index contributed by atoms with van der Waals surface area (Å²) >= 11 is 0. The largest absolute Gasteiger partial charge is 0.363 e. The molecule has 2 heterocycles. The quantitative estimate of drug-likeness (QED) is 0.731. The standard InChI is InChI=1S/C19H17N3O4S/c23-19-9-6-15-12-16(27(24,25)21-18-10-11-26-20-18)7-8-17(15)22(19)13-14-4-2-1-3-5-14/h2,4-12H,1,3,13H2,(H,20,21). The Morgan fingerprint density at radius 2 is 2.04 bits per heavy atom. The van der Waals surface area contributed by atoms with Crippen molar-refractivity contribution in [2.45, 2.75) is 24.3 Å². The van der Waals surface area contributed by atoms with Crippen molar-refractivity contribution >= 4 is 26.7 Å². The van der Waals surface area contributed by atoms with Crippen LogP contribution < -0.4 is 10.3 Å². The van der Waals surface area contributed by atoms with Gasteiger partial charge in [0.05, 0.1) is 17.0 Å². The zero-order valence-electron chi connectivity index (χ0n) is 14.3. The molecule has 1 aliphatic carbocycles. The summed E-state index contributed by atoms with van der Waals surface area (Å²) in [7, 11) is -3.81. The Bertz CT molecular complexity index is 1210. The predicted molar refractivity (Wildman–Crippen MR) is 102 cm³/mol. The van der Waals surface area contributed by atoms with Gasteiger partial charge >= 0.3 is 0 Å². The van der Waals surface area contributed by atoms with Crippen molar-refractivity contribution in [1.82, 2.24) is 9.72 Å². The van der Waals surface area contributed by atoms with Crippen LogP contribution in [0, 0.1) is 0 Å². The van der Waals surface area contributed by atoms with E-state index in [1.165, 1.54) is 24.5 Å². The molecule has 0 fully saturated rings. The van der Waals surface area contributed by atoms with Gasteiger partial charge in [-0.3, -0.25) is 9.52 Å². The van der Waals surface area contributed by atoms with Crippen molar-refractivity contribution in [3.05, 3.63) is 76.8 Å². The Balaban J connectivity index is 1.73. The number of allylic oxidation sites excluding steroid dienone is 4. The minimum atomic E-state index is -3.81. The average Bonchev–Trinajstić information content (AvgIpc) is 3.17. The highest BCUT2D eigenvalue weighted by molar-refractivity contribution is 7.92. The molecule has 138 valence electrons. The molecule has 1 N–H and O–H groups in total. The third-order valence-electron chi connectivity index (χ3n) is 4.36. The topological polar surface area (TPSA) is 94.2 Å². The highest BCUT2D eigenvalue weighted by atomic mass is 32.2. The number of sulfonamides is 1. The van der Waals surface area contributed by atoms with Crippen LogP contribution >= 0.6 is 0 Å². The first-order valence-electron chi connectivity index (χ1n) is 8.45. The van der Waals surface area contributed by atoms with Crippen molar-refractivity contribution < 1.29 is 12.9 Å². The second kappa shape index (κ2) is 6.88. The number of nitrogens with zero attached hydrogens (tertiary/aromatic N) is 2. The second-order valence-corrected chi connectivity index (χ2v) is 7.91. The Kier molecular flexibility index (Phi) is 4.41. The normalized spacial score (nSPS) is 14.3. The molecule has 0 radical (unpaired) electrons. The number of hydrogen-bond donors (Lipinski definition) is 1. The van der Waals surface area contributed by atoms with Crippen LogP contribution in [0.5, 0.6) is 0 Å². The second-order valence-electron chi connectivity index (χ2n) is 6.23. The maximum atomic E-state index is 12.5. The van der Waals surface area contributed by atoms with Gasteiger partial charge < -0.3 is 9.09 Å². The lowest BCUT2D eigenvalue weighted by Crippen LogP contribution is -2.20. The van der Waals surface area contributed by atoms with Gasteiger partial charge in [0, 0.05) is 12.1 Å². The van der Waals surface area contributed by atoms with Gasteiger partial charge in [-0.25, -0.2) is 8.42 Å².